The summed E-state index contributed by atoms with van der Waals surface area (Å²) in [5, 5.41) is 3.81. The van der Waals surface area contributed by atoms with Crippen molar-refractivity contribution in [3.05, 3.63) is 34.2 Å². The van der Waals surface area contributed by atoms with Gasteiger partial charge in [-0.25, -0.2) is 0 Å². The van der Waals surface area contributed by atoms with Crippen molar-refractivity contribution in [2.24, 2.45) is 5.41 Å². The Hall–Kier alpha value is -2.44. The van der Waals surface area contributed by atoms with Gasteiger partial charge < -0.3 is 14.0 Å². The second-order valence-electron chi connectivity index (χ2n) is 9.02. The van der Waals surface area contributed by atoms with Crippen LogP contribution in [0, 0.1) is 19.3 Å². The minimum absolute atomic E-state index is 0.0528. The number of amides is 1. The third-order valence-corrected chi connectivity index (χ3v) is 5.97. The minimum Gasteiger partial charge on any atom is -0.348 e. The highest BCUT2D eigenvalue weighted by atomic mass is 16.5. The van der Waals surface area contributed by atoms with Crippen LogP contribution in [0.25, 0.3) is 0 Å². The first-order chi connectivity index (χ1) is 13.6. The molecular formula is C22H32N4O3. The Kier molecular flexibility index (Phi) is 5.70. The van der Waals surface area contributed by atoms with E-state index in [0.29, 0.717) is 18.1 Å². The SMILES string of the molecule is CCCn1c(C)c(CC(=O)N(C)[C@H](C)c2nc(C)no2)c2c1CC(C)(C)CC2=O. The summed E-state index contributed by atoms with van der Waals surface area (Å²) in [7, 11) is 1.74. The van der Waals surface area contributed by atoms with E-state index in [9.17, 15) is 9.59 Å². The predicted octanol–water partition coefficient (Wildman–Crippen LogP) is 3.82. The van der Waals surface area contributed by atoms with Crippen LogP contribution < -0.4 is 0 Å². The van der Waals surface area contributed by atoms with Gasteiger partial charge >= 0.3 is 0 Å². The molecule has 0 aromatic carbocycles. The molecule has 3 rings (SSSR count). The van der Waals surface area contributed by atoms with Crippen molar-refractivity contribution < 1.29 is 14.1 Å². The number of fused-ring (bicyclic) bond motifs is 1. The zero-order valence-electron chi connectivity index (χ0n) is 18.6. The number of ketones is 1. The zero-order valence-corrected chi connectivity index (χ0v) is 18.6. The highest BCUT2D eigenvalue weighted by Gasteiger charge is 2.37. The fourth-order valence-electron chi connectivity index (χ4n) is 4.29. The summed E-state index contributed by atoms with van der Waals surface area (Å²) in [5.74, 6) is 1.05. The first kappa shape index (κ1) is 21.3. The Labute approximate surface area is 172 Å². The number of hydrogen-bond acceptors (Lipinski definition) is 5. The Bertz CT molecular complexity index is 938. The molecule has 7 nitrogen and oxygen atoms in total. The smallest absolute Gasteiger partial charge is 0.249 e. The lowest BCUT2D eigenvalue weighted by atomic mass is 9.75. The van der Waals surface area contributed by atoms with Gasteiger partial charge in [-0.2, -0.15) is 4.98 Å². The molecule has 0 saturated carbocycles. The molecular weight excluding hydrogens is 368 g/mol. The molecule has 29 heavy (non-hydrogen) atoms. The highest BCUT2D eigenvalue weighted by Crippen LogP contribution is 2.39. The van der Waals surface area contributed by atoms with Gasteiger partial charge in [-0.3, -0.25) is 9.59 Å². The van der Waals surface area contributed by atoms with Crippen LogP contribution in [-0.2, 0) is 24.2 Å². The Morgan fingerprint density at radius 1 is 1.31 bits per heavy atom. The summed E-state index contributed by atoms with van der Waals surface area (Å²) >= 11 is 0. The van der Waals surface area contributed by atoms with Gasteiger partial charge in [0.25, 0.3) is 0 Å². The van der Waals surface area contributed by atoms with Crippen molar-refractivity contribution in [3.63, 3.8) is 0 Å². The number of aromatic nitrogens is 3. The van der Waals surface area contributed by atoms with Crippen LogP contribution in [0.4, 0.5) is 0 Å². The molecule has 0 unspecified atom stereocenters. The number of carbonyl (C=O) groups is 2. The molecule has 1 aliphatic carbocycles. The van der Waals surface area contributed by atoms with Crippen LogP contribution in [0.1, 0.15) is 85.6 Å². The molecule has 2 aromatic rings. The largest absolute Gasteiger partial charge is 0.348 e. The molecule has 1 aliphatic rings. The van der Waals surface area contributed by atoms with E-state index in [4.69, 9.17) is 4.52 Å². The molecule has 0 fully saturated rings. The molecule has 0 N–H and O–H groups in total. The van der Waals surface area contributed by atoms with Crippen LogP contribution in [-0.4, -0.2) is 38.3 Å². The van der Waals surface area contributed by atoms with E-state index in [2.05, 4.69) is 35.5 Å². The maximum absolute atomic E-state index is 13.1. The fraction of sp³-hybridized carbons (Fsp3) is 0.636. The summed E-state index contributed by atoms with van der Waals surface area (Å²) in [4.78, 5) is 32.0. The molecule has 158 valence electrons. The summed E-state index contributed by atoms with van der Waals surface area (Å²) in [6.45, 7) is 12.9. The van der Waals surface area contributed by atoms with Crippen LogP contribution in [0.2, 0.25) is 0 Å². The molecule has 0 spiro atoms. The van der Waals surface area contributed by atoms with Crippen molar-refractivity contribution in [2.45, 2.75) is 79.8 Å². The topological polar surface area (TPSA) is 81.2 Å². The van der Waals surface area contributed by atoms with E-state index >= 15 is 0 Å². The van der Waals surface area contributed by atoms with E-state index in [1.165, 1.54) is 0 Å². The lowest BCUT2D eigenvalue weighted by Crippen LogP contribution is -2.32. The molecule has 1 atom stereocenters. The van der Waals surface area contributed by atoms with Crippen molar-refractivity contribution in [2.75, 3.05) is 7.05 Å². The maximum atomic E-state index is 13.1. The number of rotatable bonds is 6. The molecule has 0 radical (unpaired) electrons. The number of nitrogens with zero attached hydrogens (tertiary/aromatic N) is 4. The third-order valence-electron chi connectivity index (χ3n) is 5.97. The minimum atomic E-state index is -0.327. The van der Waals surface area contributed by atoms with Gasteiger partial charge in [-0.1, -0.05) is 25.9 Å². The summed E-state index contributed by atoms with van der Waals surface area (Å²) in [6, 6.07) is -0.327. The molecule has 0 bridgehead atoms. The number of likely N-dealkylation sites (N-methyl/N-ethyl adjacent to an activating group) is 1. The van der Waals surface area contributed by atoms with Gasteiger partial charge in [0.15, 0.2) is 11.6 Å². The second-order valence-corrected chi connectivity index (χ2v) is 9.02. The van der Waals surface area contributed by atoms with Crippen molar-refractivity contribution >= 4 is 11.7 Å². The van der Waals surface area contributed by atoms with E-state index in [1.807, 2.05) is 13.8 Å². The van der Waals surface area contributed by atoms with Crippen LogP contribution in [0.3, 0.4) is 0 Å². The monoisotopic (exact) mass is 400 g/mol. The van der Waals surface area contributed by atoms with E-state index in [-0.39, 0.29) is 29.6 Å². The summed E-state index contributed by atoms with van der Waals surface area (Å²) in [6.07, 6.45) is 2.56. The van der Waals surface area contributed by atoms with Crippen molar-refractivity contribution in [3.8, 4) is 0 Å². The molecule has 1 amide bonds. The Balaban J connectivity index is 1.93. The van der Waals surface area contributed by atoms with E-state index < -0.39 is 0 Å². The standard InChI is InChI=1S/C22H32N4O3/c1-8-9-26-13(2)16(20-17(26)11-22(5,6)12-18(20)27)10-19(28)25(7)14(3)21-23-15(4)24-29-21/h14H,8-12H2,1-7H3/t14-/m1/s1. The average Bonchev–Trinajstić information content (AvgIpc) is 3.17. The van der Waals surface area contributed by atoms with E-state index in [0.717, 1.165) is 41.9 Å². The zero-order chi connectivity index (χ0) is 21.5. The van der Waals surface area contributed by atoms with Gasteiger partial charge in [0.05, 0.1) is 6.42 Å². The van der Waals surface area contributed by atoms with Crippen LogP contribution in [0.15, 0.2) is 4.52 Å². The van der Waals surface area contributed by atoms with Gasteiger partial charge in [-0.05, 0) is 44.6 Å². The van der Waals surface area contributed by atoms with E-state index in [1.54, 1.807) is 18.9 Å². The normalized spacial score (nSPS) is 16.6. The fourth-order valence-corrected chi connectivity index (χ4v) is 4.29. The van der Waals surface area contributed by atoms with Crippen LogP contribution in [0.5, 0.6) is 0 Å². The Morgan fingerprint density at radius 2 is 2.00 bits per heavy atom. The molecule has 2 aromatic heterocycles. The second kappa shape index (κ2) is 7.76. The molecule has 0 aliphatic heterocycles. The molecule has 0 saturated heterocycles. The lowest BCUT2D eigenvalue weighted by molar-refractivity contribution is -0.131. The number of hydrogen-bond donors (Lipinski definition) is 0. The third kappa shape index (κ3) is 4.00. The lowest BCUT2D eigenvalue weighted by Gasteiger charge is -2.30. The average molecular weight is 401 g/mol. The molecule has 7 heteroatoms. The number of aryl methyl sites for hydroxylation is 1. The predicted molar refractivity (Wildman–Crippen MR) is 110 cm³/mol. The Morgan fingerprint density at radius 3 is 2.59 bits per heavy atom. The van der Waals surface area contributed by atoms with Crippen LogP contribution >= 0.6 is 0 Å². The van der Waals surface area contributed by atoms with Gasteiger partial charge in [0.1, 0.15) is 6.04 Å². The van der Waals surface area contributed by atoms with Gasteiger partial charge in [-0.15, -0.1) is 0 Å². The first-order valence-corrected chi connectivity index (χ1v) is 10.4. The van der Waals surface area contributed by atoms with Gasteiger partial charge in [0, 0.05) is 37.0 Å². The number of Topliss-reactive ketones (excluding diaryl/α,β-unsaturated/α-hetero) is 1. The summed E-state index contributed by atoms with van der Waals surface area (Å²) < 4.78 is 7.48. The van der Waals surface area contributed by atoms with Gasteiger partial charge in [0.2, 0.25) is 11.8 Å². The van der Waals surface area contributed by atoms with Crippen molar-refractivity contribution in [1.29, 1.82) is 0 Å². The quantitative estimate of drug-likeness (QED) is 0.736. The summed E-state index contributed by atoms with van der Waals surface area (Å²) in [5.41, 5.74) is 3.73. The van der Waals surface area contributed by atoms with Crippen molar-refractivity contribution in [1.82, 2.24) is 19.6 Å². The maximum Gasteiger partial charge on any atom is 0.249 e. The highest BCUT2D eigenvalue weighted by molar-refractivity contribution is 6.01. The molecule has 2 heterocycles. The number of carbonyl (C=O) groups excluding carboxylic acids is 2. The first-order valence-electron chi connectivity index (χ1n) is 10.4.